The van der Waals surface area contributed by atoms with E-state index in [1.54, 1.807) is 0 Å². The van der Waals surface area contributed by atoms with Crippen LogP contribution in [-0.4, -0.2) is 50.8 Å². The summed E-state index contributed by atoms with van der Waals surface area (Å²) in [4.78, 5) is 6.81. The van der Waals surface area contributed by atoms with Crippen LogP contribution in [0.15, 0.2) is 53.5 Å². The van der Waals surface area contributed by atoms with Gasteiger partial charge >= 0.3 is 0 Å². The molecule has 5 nitrogen and oxygen atoms in total. The molecule has 0 aromatic heterocycles. The molecule has 29 heavy (non-hydrogen) atoms. The van der Waals surface area contributed by atoms with Crippen LogP contribution in [0.2, 0.25) is 5.02 Å². The van der Waals surface area contributed by atoms with Gasteiger partial charge in [-0.15, -0.1) is 0 Å². The molecule has 1 aliphatic rings. The molecule has 0 spiro atoms. The summed E-state index contributed by atoms with van der Waals surface area (Å²) >= 11 is 5.94. The third kappa shape index (κ3) is 7.35. The first-order valence-corrected chi connectivity index (χ1v) is 10.7. The molecular formula is C23H31ClN4O. The van der Waals surface area contributed by atoms with E-state index < -0.39 is 0 Å². The molecule has 0 aliphatic carbocycles. The lowest BCUT2D eigenvalue weighted by Crippen LogP contribution is -2.38. The number of hydrogen-bond donors (Lipinski definition) is 2. The zero-order valence-electron chi connectivity index (χ0n) is 17.2. The molecule has 2 aromatic carbocycles. The molecule has 0 bridgehead atoms. The first-order chi connectivity index (χ1) is 14.2. The van der Waals surface area contributed by atoms with Crippen molar-refractivity contribution in [3.8, 4) is 0 Å². The van der Waals surface area contributed by atoms with Crippen molar-refractivity contribution in [2.45, 2.75) is 25.9 Å². The third-order valence-corrected chi connectivity index (χ3v) is 5.39. The summed E-state index contributed by atoms with van der Waals surface area (Å²) < 4.78 is 5.46. The van der Waals surface area contributed by atoms with Crippen molar-refractivity contribution in [1.82, 2.24) is 15.5 Å². The molecule has 0 unspecified atom stereocenters. The van der Waals surface area contributed by atoms with Gasteiger partial charge in [-0.3, -0.25) is 9.89 Å². The highest BCUT2D eigenvalue weighted by molar-refractivity contribution is 6.30. The molecule has 2 N–H and O–H groups in total. The highest BCUT2D eigenvalue weighted by Gasteiger charge is 2.12. The van der Waals surface area contributed by atoms with Crippen molar-refractivity contribution < 1.29 is 4.74 Å². The number of aryl methyl sites for hydroxylation is 1. The van der Waals surface area contributed by atoms with E-state index in [-0.39, 0.29) is 0 Å². The Morgan fingerprint density at radius 1 is 1.03 bits per heavy atom. The Kier molecular flexibility index (Phi) is 8.81. The van der Waals surface area contributed by atoms with E-state index in [9.17, 15) is 0 Å². The van der Waals surface area contributed by atoms with E-state index in [2.05, 4.69) is 56.9 Å². The number of hydrogen-bond acceptors (Lipinski definition) is 3. The van der Waals surface area contributed by atoms with E-state index in [0.29, 0.717) is 0 Å². The van der Waals surface area contributed by atoms with Gasteiger partial charge in [-0.05, 0) is 41.7 Å². The van der Waals surface area contributed by atoms with Crippen molar-refractivity contribution in [1.29, 1.82) is 0 Å². The second-order valence-electron chi connectivity index (χ2n) is 7.24. The fourth-order valence-corrected chi connectivity index (χ4v) is 3.56. The Labute approximate surface area is 179 Å². The van der Waals surface area contributed by atoms with Gasteiger partial charge in [0.15, 0.2) is 5.96 Å². The van der Waals surface area contributed by atoms with E-state index in [1.165, 1.54) is 16.7 Å². The van der Waals surface area contributed by atoms with Gasteiger partial charge in [0.05, 0.1) is 13.2 Å². The van der Waals surface area contributed by atoms with Gasteiger partial charge in [-0.25, -0.2) is 0 Å². The van der Waals surface area contributed by atoms with Gasteiger partial charge in [-0.2, -0.15) is 0 Å². The molecule has 1 saturated heterocycles. The van der Waals surface area contributed by atoms with E-state index in [0.717, 1.165) is 69.8 Å². The maximum Gasteiger partial charge on any atom is 0.191 e. The normalized spacial score (nSPS) is 15.3. The summed E-state index contributed by atoms with van der Waals surface area (Å²) in [5.41, 5.74) is 3.97. The number of rotatable bonds is 8. The Bertz CT molecular complexity index is 773. The topological polar surface area (TPSA) is 48.9 Å². The van der Waals surface area contributed by atoms with Crippen LogP contribution in [0.3, 0.4) is 0 Å². The minimum Gasteiger partial charge on any atom is -0.379 e. The van der Waals surface area contributed by atoms with Gasteiger partial charge < -0.3 is 15.4 Å². The average Bonchev–Trinajstić information content (AvgIpc) is 2.76. The Hall–Kier alpha value is -2.08. The molecule has 0 atom stereocenters. The van der Waals surface area contributed by atoms with Gasteiger partial charge in [0.2, 0.25) is 0 Å². The molecule has 6 heteroatoms. The Morgan fingerprint density at radius 2 is 1.76 bits per heavy atom. The Morgan fingerprint density at radius 3 is 2.48 bits per heavy atom. The van der Waals surface area contributed by atoms with Gasteiger partial charge in [0.25, 0.3) is 0 Å². The first-order valence-electron chi connectivity index (χ1n) is 10.3. The number of aliphatic imine (C=N–C) groups is 1. The second-order valence-corrected chi connectivity index (χ2v) is 7.68. The van der Waals surface area contributed by atoms with Crippen molar-refractivity contribution >= 4 is 17.6 Å². The maximum absolute atomic E-state index is 5.94. The number of nitrogens with zero attached hydrogens (tertiary/aromatic N) is 2. The second kappa shape index (κ2) is 11.8. The molecule has 0 amide bonds. The summed E-state index contributed by atoms with van der Waals surface area (Å²) in [7, 11) is 1.81. The minimum atomic E-state index is 0.761. The van der Waals surface area contributed by atoms with Crippen molar-refractivity contribution in [3.05, 3.63) is 70.2 Å². The summed E-state index contributed by atoms with van der Waals surface area (Å²) in [5, 5.41) is 7.64. The maximum atomic E-state index is 5.94. The van der Waals surface area contributed by atoms with E-state index in [4.69, 9.17) is 16.3 Å². The van der Waals surface area contributed by atoms with Crippen LogP contribution in [0.5, 0.6) is 0 Å². The summed E-state index contributed by atoms with van der Waals surface area (Å²) in [5.74, 6) is 0.835. The molecule has 0 radical (unpaired) electrons. The smallest absolute Gasteiger partial charge is 0.191 e. The molecule has 1 aliphatic heterocycles. The van der Waals surface area contributed by atoms with Gasteiger partial charge in [0.1, 0.15) is 0 Å². The molecule has 2 aromatic rings. The molecule has 3 rings (SSSR count). The SMILES string of the molecule is CN=C(NCCCc1ccc(Cl)cc1)NCc1ccccc1CN1CCOCC1. The molecule has 156 valence electrons. The Balaban J connectivity index is 1.43. The lowest BCUT2D eigenvalue weighted by Gasteiger charge is -2.27. The van der Waals surface area contributed by atoms with Crippen molar-refractivity contribution in [2.75, 3.05) is 39.9 Å². The van der Waals surface area contributed by atoms with Gasteiger partial charge in [-0.1, -0.05) is 48.0 Å². The largest absolute Gasteiger partial charge is 0.379 e. The zero-order chi connectivity index (χ0) is 20.3. The lowest BCUT2D eigenvalue weighted by molar-refractivity contribution is 0.0341. The average molecular weight is 415 g/mol. The number of guanidine groups is 1. The van der Waals surface area contributed by atoms with Crippen molar-refractivity contribution in [2.24, 2.45) is 4.99 Å². The monoisotopic (exact) mass is 414 g/mol. The fraction of sp³-hybridized carbons (Fsp3) is 0.435. The molecular weight excluding hydrogens is 384 g/mol. The summed E-state index contributed by atoms with van der Waals surface area (Å²) in [6.45, 7) is 6.25. The van der Waals surface area contributed by atoms with Crippen LogP contribution in [0.4, 0.5) is 0 Å². The first kappa shape index (κ1) is 21.6. The zero-order valence-corrected chi connectivity index (χ0v) is 17.9. The van der Waals surface area contributed by atoms with Crippen LogP contribution in [-0.2, 0) is 24.2 Å². The van der Waals surface area contributed by atoms with Crippen LogP contribution in [0, 0.1) is 0 Å². The third-order valence-electron chi connectivity index (χ3n) is 5.13. The van der Waals surface area contributed by atoms with E-state index >= 15 is 0 Å². The number of morpholine rings is 1. The molecule has 0 saturated carbocycles. The number of benzene rings is 2. The van der Waals surface area contributed by atoms with Crippen LogP contribution >= 0.6 is 11.6 Å². The van der Waals surface area contributed by atoms with Crippen LogP contribution in [0.25, 0.3) is 0 Å². The van der Waals surface area contributed by atoms with Crippen molar-refractivity contribution in [3.63, 3.8) is 0 Å². The molecule has 1 fully saturated rings. The fourth-order valence-electron chi connectivity index (χ4n) is 3.43. The quantitative estimate of drug-likeness (QED) is 0.394. The van der Waals surface area contributed by atoms with E-state index in [1.807, 2.05) is 19.2 Å². The lowest BCUT2D eigenvalue weighted by atomic mass is 10.1. The number of ether oxygens (including phenoxy) is 1. The summed E-state index contributed by atoms with van der Waals surface area (Å²) in [6.07, 6.45) is 2.06. The number of nitrogens with one attached hydrogen (secondary N) is 2. The molecule has 1 heterocycles. The highest BCUT2D eigenvalue weighted by atomic mass is 35.5. The predicted octanol–water partition coefficient (Wildman–Crippen LogP) is 3.47. The highest BCUT2D eigenvalue weighted by Crippen LogP contribution is 2.13. The minimum absolute atomic E-state index is 0.761. The van der Waals surface area contributed by atoms with Gasteiger partial charge in [0, 0.05) is 44.8 Å². The summed E-state index contributed by atoms with van der Waals surface area (Å²) in [6, 6.07) is 16.7. The van der Waals surface area contributed by atoms with Crippen LogP contribution < -0.4 is 10.6 Å². The van der Waals surface area contributed by atoms with Crippen LogP contribution in [0.1, 0.15) is 23.1 Å². The predicted molar refractivity (Wildman–Crippen MR) is 121 cm³/mol. The standard InChI is InChI=1S/C23H31ClN4O/c1-25-23(26-12-4-5-19-8-10-22(24)11-9-19)27-17-20-6-2-3-7-21(20)18-28-13-15-29-16-14-28/h2-3,6-11H,4-5,12-18H2,1H3,(H2,25,26,27). The number of halogens is 1.